The molecule has 0 saturated heterocycles. The molecule has 2 bridgehead atoms. The number of allylic oxidation sites excluding steroid dienone is 12. The van der Waals surface area contributed by atoms with Crippen molar-refractivity contribution in [2.24, 2.45) is 11.8 Å². The van der Waals surface area contributed by atoms with Crippen LogP contribution in [0, 0.1) is 11.8 Å². The Labute approximate surface area is 403 Å². The number of carbonyl (C=O) groups excluding carboxylic acids is 3. The summed E-state index contributed by atoms with van der Waals surface area (Å²) in [7, 11) is -5.48. The minimum Gasteiger partial charge on any atom is -0.462 e. The largest absolute Gasteiger partial charge is 0.472 e. The van der Waals surface area contributed by atoms with Crippen LogP contribution in [0.1, 0.15) is 136 Å². The first kappa shape index (κ1) is 60.7. The van der Waals surface area contributed by atoms with E-state index >= 15 is 0 Å². The topological polar surface area (TPSA) is 267 Å². The Bertz CT molecular complexity index is 1690. The first-order chi connectivity index (χ1) is 32.6. The van der Waals surface area contributed by atoms with Crippen LogP contribution in [0.5, 0.6) is 0 Å². The van der Waals surface area contributed by atoms with Gasteiger partial charge in [0.15, 0.2) is 6.10 Å². The number of esters is 2. The number of phosphoric acid groups is 1. The van der Waals surface area contributed by atoms with Gasteiger partial charge < -0.3 is 50.1 Å². The number of Topliss-reactive ketones (excluding diaryl/α,β-unsaturated/α-hetero) is 1. The van der Waals surface area contributed by atoms with E-state index in [2.05, 4.69) is 67.7 Å². The first-order valence-electron chi connectivity index (χ1n) is 24.5. The number of aliphatic hydroxyl groups is 7. The zero-order valence-corrected chi connectivity index (χ0v) is 41.0. The average Bonchev–Trinajstić information content (AvgIpc) is 3.31. The Morgan fingerprint density at radius 3 is 2.06 bits per heavy atom. The fraction of sp³-hybridized carbons (Fsp3) is 0.667. The third-order valence-electron chi connectivity index (χ3n) is 11.6. The number of hydrogen-bond donors (Lipinski definition) is 8. The molecule has 0 amide bonds. The maximum absolute atomic E-state index is 13.7. The van der Waals surface area contributed by atoms with Gasteiger partial charge in [-0.2, -0.15) is 0 Å². The molecule has 2 aliphatic rings. The Kier molecular flexibility index (Phi) is 31.9. The summed E-state index contributed by atoms with van der Waals surface area (Å²) in [6.07, 6.45) is 18.7. The lowest BCUT2D eigenvalue weighted by Gasteiger charge is -2.36. The van der Waals surface area contributed by atoms with Gasteiger partial charge >= 0.3 is 19.8 Å². The van der Waals surface area contributed by atoms with Crippen molar-refractivity contribution < 1.29 is 78.1 Å². The van der Waals surface area contributed by atoms with Crippen LogP contribution in [-0.2, 0) is 37.5 Å². The Hall–Kier alpha value is -3.38. The number of carbonyl (C=O) groups is 3. The van der Waals surface area contributed by atoms with Crippen LogP contribution in [0.3, 0.4) is 0 Å². The number of ketones is 1. The van der Waals surface area contributed by atoms with E-state index in [0.717, 1.165) is 63.9 Å². The van der Waals surface area contributed by atoms with Crippen molar-refractivity contribution >= 4 is 25.5 Å². The number of fused-ring (bicyclic) bond motifs is 4. The van der Waals surface area contributed by atoms with Crippen LogP contribution < -0.4 is 0 Å². The molecule has 0 aromatic carbocycles. The highest BCUT2D eigenvalue weighted by Crippen LogP contribution is 2.47. The molecule has 2 rings (SSSR count). The number of cyclic esters (lactones) is 1. The SMILES string of the molecule is CC/C=C\C/C=C\C/C=C\C/C=C\C/C=C\CCCCCC(=O)O[C@@H]1COC(=O)CCC/C=C\C[C@@H]2[C@@H](O)[C@H](O)[C@@H](O)[C@H](OP(=O)(O)OC1)[C@H](O)[C@H](O)[C@@H](/C=C/[C@@H](O)CCCCC)C(=O)C[C@@H]2O. The summed E-state index contributed by atoms with van der Waals surface area (Å²) in [5, 5.41) is 78.5. The maximum Gasteiger partial charge on any atom is 0.472 e. The van der Waals surface area contributed by atoms with Crippen molar-refractivity contribution in [3.8, 4) is 0 Å². The van der Waals surface area contributed by atoms with Crippen molar-refractivity contribution in [3.63, 3.8) is 0 Å². The number of hydrogen-bond acceptors (Lipinski definition) is 15. The molecule has 0 aromatic rings. The summed E-state index contributed by atoms with van der Waals surface area (Å²) in [6, 6.07) is 0. The van der Waals surface area contributed by atoms with E-state index in [1.165, 1.54) is 12.2 Å². The first-order valence-corrected chi connectivity index (χ1v) is 26.0. The van der Waals surface area contributed by atoms with Gasteiger partial charge in [0.05, 0.1) is 36.9 Å². The van der Waals surface area contributed by atoms with Crippen molar-refractivity contribution in [1.82, 2.24) is 0 Å². The predicted octanol–water partition coefficient (Wildman–Crippen LogP) is 6.64. The van der Waals surface area contributed by atoms with Gasteiger partial charge in [0.1, 0.15) is 36.8 Å². The molecule has 0 radical (unpaired) electrons. The zero-order chi connectivity index (χ0) is 50.2. The molecular formula is C51H81O16P. The molecular weight excluding hydrogens is 900 g/mol. The van der Waals surface area contributed by atoms with E-state index in [9.17, 15) is 59.6 Å². The fourth-order valence-corrected chi connectivity index (χ4v) is 8.53. The average molecular weight is 981 g/mol. The van der Waals surface area contributed by atoms with Crippen molar-refractivity contribution in [3.05, 3.63) is 85.1 Å². The molecule has 386 valence electrons. The summed E-state index contributed by atoms with van der Waals surface area (Å²) in [6.45, 7) is 2.64. The third kappa shape index (κ3) is 25.5. The second kappa shape index (κ2) is 35.7. The Morgan fingerprint density at radius 2 is 1.41 bits per heavy atom. The molecule has 1 aliphatic heterocycles. The van der Waals surface area contributed by atoms with Crippen LogP contribution in [0.2, 0.25) is 0 Å². The van der Waals surface area contributed by atoms with Gasteiger partial charge in [-0.25, -0.2) is 4.57 Å². The monoisotopic (exact) mass is 981 g/mol. The summed E-state index contributed by atoms with van der Waals surface area (Å²) in [5.41, 5.74) is 0. The quantitative estimate of drug-likeness (QED) is 0.0244. The van der Waals surface area contributed by atoms with Gasteiger partial charge in [0, 0.05) is 25.2 Å². The molecule has 0 spiro atoms. The highest BCUT2D eigenvalue weighted by atomic mass is 31.2. The Balaban J connectivity index is 2.14. The van der Waals surface area contributed by atoms with Gasteiger partial charge in [0.2, 0.25) is 0 Å². The van der Waals surface area contributed by atoms with Crippen molar-refractivity contribution in [2.75, 3.05) is 13.2 Å². The van der Waals surface area contributed by atoms with Crippen molar-refractivity contribution in [1.29, 1.82) is 0 Å². The molecule has 12 atom stereocenters. The molecule has 1 heterocycles. The van der Waals surface area contributed by atoms with Gasteiger partial charge in [-0.15, -0.1) is 0 Å². The molecule has 1 saturated carbocycles. The van der Waals surface area contributed by atoms with E-state index < -0.39 is 112 Å². The minimum atomic E-state index is -5.48. The molecule has 1 aliphatic carbocycles. The van der Waals surface area contributed by atoms with Crippen LogP contribution in [0.15, 0.2) is 85.1 Å². The van der Waals surface area contributed by atoms with Gasteiger partial charge in [-0.05, 0) is 77.0 Å². The lowest BCUT2D eigenvalue weighted by atomic mass is 9.83. The third-order valence-corrected chi connectivity index (χ3v) is 12.6. The number of ether oxygens (including phenoxy) is 2. The maximum atomic E-state index is 13.7. The number of phosphoric ester groups is 1. The number of unbranched alkanes of at least 4 members (excludes halogenated alkanes) is 5. The highest BCUT2D eigenvalue weighted by molar-refractivity contribution is 7.47. The van der Waals surface area contributed by atoms with Crippen molar-refractivity contribution in [2.45, 2.75) is 191 Å². The lowest BCUT2D eigenvalue weighted by Crippen LogP contribution is -2.55. The normalized spacial score (nSPS) is 31.1. The molecule has 16 nitrogen and oxygen atoms in total. The summed E-state index contributed by atoms with van der Waals surface area (Å²) >= 11 is 0. The number of rotatable bonds is 22. The zero-order valence-electron chi connectivity index (χ0n) is 40.1. The van der Waals surface area contributed by atoms with E-state index in [1.54, 1.807) is 6.08 Å². The standard InChI is InChI=1S/C51H81O16P/c1-3-5-7-8-9-10-11-12-13-14-15-16-17-18-19-20-21-22-28-32-45(56)66-39-36-64-44(55)31-27-24-23-26-30-40-42(53)35-43(54)41(34-33-38(52)29-25-6-4-2)47(58)49(60)51(50(61)48(59)46(40)57)67-68(62,63)65-37-39/h5,7,9-10,12-13,15-16,18-19,23,26,33-34,38-42,46-53,57-61H,3-4,6,8,11,14,17,20-22,24-25,27-32,35-37H2,1-2H3,(H,62,63)/b7-5-,10-9-,13-12-,16-15-,19-18-,26-23-,34-33+/t38-,39+,40-,41-,42-,46+,47+,48-,49+,50+,51+/m0/s1. The van der Waals surface area contributed by atoms with E-state index in [4.69, 9.17) is 18.5 Å². The second-order valence-corrected chi connectivity index (χ2v) is 18.8. The Morgan fingerprint density at radius 1 is 0.779 bits per heavy atom. The lowest BCUT2D eigenvalue weighted by molar-refractivity contribution is -0.166. The van der Waals surface area contributed by atoms with Gasteiger partial charge in [-0.1, -0.05) is 125 Å². The van der Waals surface area contributed by atoms with Crippen LogP contribution in [-0.4, -0.2) is 127 Å². The van der Waals surface area contributed by atoms with E-state index in [1.807, 2.05) is 6.92 Å². The van der Waals surface area contributed by atoms with E-state index in [-0.39, 0.29) is 19.3 Å². The molecule has 1 unspecified atom stereocenters. The number of aliphatic hydroxyl groups excluding tert-OH is 7. The van der Waals surface area contributed by atoms with Gasteiger partial charge in [-0.3, -0.25) is 23.4 Å². The summed E-state index contributed by atoms with van der Waals surface area (Å²) in [5.74, 6) is -5.23. The summed E-state index contributed by atoms with van der Waals surface area (Å²) in [4.78, 5) is 50.2. The molecule has 68 heavy (non-hydrogen) atoms. The van der Waals surface area contributed by atoms with Gasteiger partial charge in [0.25, 0.3) is 0 Å². The van der Waals surface area contributed by atoms with Crippen LogP contribution >= 0.6 is 7.82 Å². The summed E-state index contributed by atoms with van der Waals surface area (Å²) < 4.78 is 34.7. The highest BCUT2D eigenvalue weighted by Gasteiger charge is 2.49. The van der Waals surface area contributed by atoms with E-state index in [0.29, 0.717) is 38.5 Å². The molecule has 1 fully saturated rings. The fourth-order valence-electron chi connectivity index (χ4n) is 7.55. The van der Waals surface area contributed by atoms with Crippen LogP contribution in [0.25, 0.3) is 0 Å². The molecule has 17 heteroatoms. The molecule has 8 N–H and O–H groups in total. The predicted molar refractivity (Wildman–Crippen MR) is 259 cm³/mol. The minimum absolute atomic E-state index is 0.0198. The smallest absolute Gasteiger partial charge is 0.462 e. The molecule has 0 aromatic heterocycles. The second-order valence-electron chi connectivity index (χ2n) is 17.4. The van der Waals surface area contributed by atoms with Crippen LogP contribution in [0.4, 0.5) is 0 Å².